The Morgan fingerprint density at radius 3 is 2.07 bits per heavy atom. The van der Waals surface area contributed by atoms with Crippen molar-refractivity contribution in [3.8, 4) is 11.5 Å². The molecular weight excluding hydrogens is 552 g/mol. The lowest BCUT2D eigenvalue weighted by molar-refractivity contribution is -0.0323. The molecule has 0 heterocycles. The molecule has 2 aromatic rings. The van der Waals surface area contributed by atoms with Crippen LogP contribution in [-0.4, -0.2) is 62.6 Å². The number of fused-ring (bicyclic) bond motifs is 5. The van der Waals surface area contributed by atoms with Gasteiger partial charge in [-0.1, -0.05) is 52.3 Å². The summed E-state index contributed by atoms with van der Waals surface area (Å²) in [4.78, 5) is 0. The third-order valence-corrected chi connectivity index (χ3v) is 10.2. The van der Waals surface area contributed by atoms with Crippen LogP contribution in [0.1, 0.15) is 108 Å². The molecule has 0 spiro atoms. The fourth-order valence-corrected chi connectivity index (χ4v) is 7.97. The summed E-state index contributed by atoms with van der Waals surface area (Å²) in [5.74, 6) is 3.34. The highest BCUT2D eigenvalue weighted by Crippen LogP contribution is 2.65. The maximum absolute atomic E-state index is 11.0. The summed E-state index contributed by atoms with van der Waals surface area (Å²) in [6, 6.07) is 14.8. The summed E-state index contributed by atoms with van der Waals surface area (Å²) < 4.78 is 21.7. The average Bonchev–Trinajstić information content (AvgIpc) is 3.34. The lowest BCUT2D eigenvalue weighted by atomic mass is 9.51. The van der Waals surface area contributed by atoms with E-state index in [9.17, 15) is 10.2 Å². The van der Waals surface area contributed by atoms with E-state index in [-0.39, 0.29) is 11.5 Å². The number of hydrogen-bond donors (Lipinski definition) is 2. The number of ether oxygens (including phenoxy) is 4. The zero-order chi connectivity index (χ0) is 31.4. The average molecular weight is 611 g/mol. The molecule has 44 heavy (non-hydrogen) atoms. The van der Waals surface area contributed by atoms with Crippen LogP contribution >= 0.6 is 0 Å². The van der Waals surface area contributed by atoms with Crippen molar-refractivity contribution in [3.63, 3.8) is 0 Å². The van der Waals surface area contributed by atoms with E-state index < -0.39 is 0 Å². The van der Waals surface area contributed by atoms with Gasteiger partial charge in [0.1, 0.15) is 11.5 Å². The van der Waals surface area contributed by atoms with E-state index in [0.717, 1.165) is 83.4 Å². The van der Waals surface area contributed by atoms with Crippen molar-refractivity contribution in [1.82, 2.24) is 0 Å². The van der Waals surface area contributed by atoms with Gasteiger partial charge in [-0.3, -0.25) is 0 Å². The van der Waals surface area contributed by atoms with E-state index in [1.807, 2.05) is 12.1 Å². The van der Waals surface area contributed by atoms with Crippen molar-refractivity contribution in [2.45, 2.75) is 103 Å². The van der Waals surface area contributed by atoms with E-state index >= 15 is 0 Å². The summed E-state index contributed by atoms with van der Waals surface area (Å²) in [7, 11) is 0. The number of phenolic OH excluding ortho intramolecular Hbond substituents is 1. The first kappa shape index (κ1) is 34.7. The fourth-order valence-electron chi connectivity index (χ4n) is 7.97. The standard InChI is InChI=1S/C28H36O3.C10H22O3/c1-3-4-15-31-21-9-5-18(6-10-21)24-17-28(2)25(13-14-26(28)30)23-11-7-19-16-20(29)8-12-22(19)27(23)24;1-3-5-11-7-9-13-10-8-12-6-4-2/h5-6,8-10,12,16,23-27,29-30H,3-4,7,11,13-15,17H2,1-2H3;3-10H2,1-2H3/t23?,24-,25?,26+,27?,28+;/m1./s1. The third-order valence-electron chi connectivity index (χ3n) is 10.2. The Morgan fingerprint density at radius 1 is 0.773 bits per heavy atom. The Balaban J connectivity index is 0.000000289. The highest BCUT2D eigenvalue weighted by Gasteiger charge is 2.57. The predicted octanol–water partition coefficient (Wildman–Crippen LogP) is 8.04. The molecule has 3 aliphatic rings. The molecule has 2 aromatic carbocycles. The second-order valence-corrected chi connectivity index (χ2v) is 13.2. The van der Waals surface area contributed by atoms with Gasteiger partial charge in [0, 0.05) is 13.2 Å². The van der Waals surface area contributed by atoms with Crippen LogP contribution in [0.4, 0.5) is 0 Å². The number of aryl methyl sites for hydroxylation is 1. The second-order valence-electron chi connectivity index (χ2n) is 13.2. The molecule has 0 radical (unpaired) electrons. The Bertz CT molecular complexity index is 1090. The van der Waals surface area contributed by atoms with Gasteiger partial charge in [-0.25, -0.2) is 0 Å². The Labute approximate surface area is 266 Å². The normalized spacial score (nSPS) is 27.1. The molecule has 2 fully saturated rings. The third kappa shape index (κ3) is 8.78. The van der Waals surface area contributed by atoms with Crippen LogP contribution < -0.4 is 4.74 Å². The maximum Gasteiger partial charge on any atom is 0.119 e. The number of aliphatic hydroxyl groups excluding tert-OH is 1. The van der Waals surface area contributed by atoms with Gasteiger partial charge >= 0.3 is 0 Å². The quantitative estimate of drug-likeness (QED) is 0.199. The van der Waals surface area contributed by atoms with Crippen LogP contribution in [0.3, 0.4) is 0 Å². The van der Waals surface area contributed by atoms with Gasteiger partial charge in [0.05, 0.1) is 39.1 Å². The first-order valence-electron chi connectivity index (χ1n) is 17.4. The second kappa shape index (κ2) is 17.5. The number of rotatable bonds is 15. The number of aliphatic hydroxyl groups is 1. The zero-order valence-corrected chi connectivity index (χ0v) is 27.8. The number of phenols is 1. The minimum atomic E-state index is -0.196. The molecular formula is C38H58O6. The summed E-state index contributed by atoms with van der Waals surface area (Å²) in [6.07, 6.45) is 9.45. The smallest absolute Gasteiger partial charge is 0.119 e. The molecule has 3 unspecified atom stereocenters. The molecule has 3 aliphatic carbocycles. The van der Waals surface area contributed by atoms with Crippen LogP contribution in [0.5, 0.6) is 11.5 Å². The molecule has 0 aliphatic heterocycles. The van der Waals surface area contributed by atoms with Gasteiger partial charge in [-0.05, 0) is 121 Å². The van der Waals surface area contributed by atoms with E-state index in [0.29, 0.717) is 55.8 Å². The first-order valence-corrected chi connectivity index (χ1v) is 17.4. The summed E-state index contributed by atoms with van der Waals surface area (Å²) >= 11 is 0. The van der Waals surface area contributed by atoms with Gasteiger partial charge in [0.2, 0.25) is 0 Å². The van der Waals surface area contributed by atoms with E-state index in [1.165, 1.54) is 16.7 Å². The highest BCUT2D eigenvalue weighted by atomic mass is 16.5. The van der Waals surface area contributed by atoms with Gasteiger partial charge in [-0.15, -0.1) is 0 Å². The van der Waals surface area contributed by atoms with E-state index in [1.54, 1.807) is 0 Å². The summed E-state index contributed by atoms with van der Waals surface area (Å²) in [5, 5.41) is 21.0. The highest BCUT2D eigenvalue weighted by molar-refractivity contribution is 5.43. The summed E-state index contributed by atoms with van der Waals surface area (Å²) in [6.45, 7) is 13.9. The first-order chi connectivity index (χ1) is 21.4. The lowest BCUT2D eigenvalue weighted by Gasteiger charge is -2.54. The number of benzene rings is 2. The topological polar surface area (TPSA) is 77.4 Å². The van der Waals surface area contributed by atoms with E-state index in [4.69, 9.17) is 18.9 Å². The van der Waals surface area contributed by atoms with Gasteiger partial charge < -0.3 is 29.2 Å². The largest absolute Gasteiger partial charge is 0.508 e. The molecule has 6 heteroatoms. The van der Waals surface area contributed by atoms with Gasteiger partial charge in [-0.2, -0.15) is 0 Å². The van der Waals surface area contributed by atoms with Crippen molar-refractivity contribution in [2.24, 2.45) is 17.3 Å². The maximum atomic E-state index is 11.0. The van der Waals surface area contributed by atoms with Crippen LogP contribution in [0.15, 0.2) is 42.5 Å². The van der Waals surface area contributed by atoms with Crippen molar-refractivity contribution < 1.29 is 29.2 Å². The molecule has 2 saturated carbocycles. The molecule has 0 saturated heterocycles. The zero-order valence-electron chi connectivity index (χ0n) is 27.8. The van der Waals surface area contributed by atoms with Crippen molar-refractivity contribution >= 4 is 0 Å². The minimum absolute atomic E-state index is 0.00342. The summed E-state index contributed by atoms with van der Waals surface area (Å²) in [5.41, 5.74) is 4.09. The minimum Gasteiger partial charge on any atom is -0.508 e. The van der Waals surface area contributed by atoms with Crippen molar-refractivity contribution in [2.75, 3.05) is 46.2 Å². The SMILES string of the molecule is CCCCOc1ccc([C@H]2C[C@@]3(C)C(CC[C@@H]3O)C3CCc4cc(O)ccc4C32)cc1.CCCOCCOCCOCCC. The monoisotopic (exact) mass is 610 g/mol. The number of aromatic hydroxyl groups is 1. The Kier molecular flexibility index (Phi) is 13.9. The van der Waals surface area contributed by atoms with E-state index in [2.05, 4.69) is 58.0 Å². The molecule has 0 aromatic heterocycles. The molecule has 0 bridgehead atoms. The number of unbranched alkanes of at least 4 members (excludes halogenated alkanes) is 1. The predicted molar refractivity (Wildman–Crippen MR) is 177 cm³/mol. The lowest BCUT2D eigenvalue weighted by Crippen LogP contribution is -2.47. The fraction of sp³-hybridized carbons (Fsp3) is 0.684. The Morgan fingerprint density at radius 2 is 1.43 bits per heavy atom. The van der Waals surface area contributed by atoms with Gasteiger partial charge in [0.15, 0.2) is 0 Å². The molecule has 246 valence electrons. The van der Waals surface area contributed by atoms with Crippen LogP contribution in [0.25, 0.3) is 0 Å². The number of hydrogen-bond acceptors (Lipinski definition) is 6. The Hall–Kier alpha value is -2.12. The molecule has 5 rings (SSSR count). The molecule has 6 atom stereocenters. The van der Waals surface area contributed by atoms with Crippen molar-refractivity contribution in [3.05, 3.63) is 59.2 Å². The van der Waals surface area contributed by atoms with Crippen LogP contribution in [0.2, 0.25) is 0 Å². The molecule has 2 N–H and O–H groups in total. The molecule has 0 amide bonds. The van der Waals surface area contributed by atoms with Crippen molar-refractivity contribution in [1.29, 1.82) is 0 Å². The van der Waals surface area contributed by atoms with Crippen LogP contribution in [0, 0.1) is 17.3 Å². The van der Waals surface area contributed by atoms with Gasteiger partial charge in [0.25, 0.3) is 0 Å². The van der Waals surface area contributed by atoms with Crippen LogP contribution in [-0.2, 0) is 20.6 Å². The molecule has 6 nitrogen and oxygen atoms in total.